The van der Waals surface area contributed by atoms with Gasteiger partial charge < -0.3 is 15.4 Å². The Kier molecular flexibility index (Phi) is 6.80. The lowest BCUT2D eigenvalue weighted by molar-refractivity contribution is 0.102. The smallest absolute Gasteiger partial charge is 0.343 e. The molecule has 1 aliphatic heterocycles. The second-order valence-electron chi connectivity index (χ2n) is 9.10. The van der Waals surface area contributed by atoms with E-state index < -0.39 is 0 Å². The maximum absolute atomic E-state index is 13.1. The zero-order valence-electron chi connectivity index (χ0n) is 21.3. The number of rotatable bonds is 7. The van der Waals surface area contributed by atoms with Crippen molar-refractivity contribution < 1.29 is 14.3 Å². The van der Waals surface area contributed by atoms with Crippen molar-refractivity contribution in [1.82, 2.24) is 15.0 Å². The van der Waals surface area contributed by atoms with Crippen molar-refractivity contribution >= 4 is 40.8 Å². The Morgan fingerprint density at radius 3 is 2.59 bits per heavy atom. The molecule has 2 aromatic carbocycles. The number of benzene rings is 2. The average Bonchev–Trinajstić information content (AvgIpc) is 3.45. The number of nitrogens with zero attached hydrogens (tertiary/aromatic N) is 5. The lowest BCUT2D eigenvalue weighted by Gasteiger charge is -2.45. The molecule has 192 valence electrons. The van der Waals surface area contributed by atoms with Crippen LogP contribution in [-0.4, -0.2) is 53.7 Å². The highest BCUT2D eigenvalue weighted by atomic mass is 16.5. The maximum Gasteiger partial charge on any atom is 0.343 e. The van der Waals surface area contributed by atoms with Crippen molar-refractivity contribution in [3.05, 3.63) is 60.3 Å². The zero-order chi connectivity index (χ0) is 25.9. The van der Waals surface area contributed by atoms with E-state index >= 15 is 0 Å². The molecule has 1 aromatic heterocycles. The van der Waals surface area contributed by atoms with Crippen LogP contribution >= 0.6 is 0 Å². The van der Waals surface area contributed by atoms with Crippen LogP contribution < -0.4 is 25.3 Å². The lowest BCUT2D eigenvalue weighted by atomic mass is 10.1. The predicted octanol–water partition coefficient (Wildman–Crippen LogP) is 5.04. The monoisotopic (exact) mass is 501 g/mol. The summed E-state index contributed by atoms with van der Waals surface area (Å²) in [6, 6.07) is 14.6. The second kappa shape index (κ2) is 10.3. The van der Waals surface area contributed by atoms with Gasteiger partial charge in [-0.05, 0) is 50.1 Å². The third kappa shape index (κ3) is 4.74. The van der Waals surface area contributed by atoms with Crippen LogP contribution in [0.25, 0.3) is 0 Å². The molecule has 2 aliphatic rings. The molecule has 0 saturated heterocycles. The fraction of sp³-hybridized carbons (Fsp3) is 0.333. The summed E-state index contributed by atoms with van der Waals surface area (Å²) in [7, 11) is 3.31. The number of carbonyl (C=O) groups excluding carboxylic acids is 2. The Morgan fingerprint density at radius 1 is 1.14 bits per heavy atom. The Balaban J connectivity index is 1.47. The zero-order valence-corrected chi connectivity index (χ0v) is 21.3. The Bertz CT molecular complexity index is 1290. The highest BCUT2D eigenvalue weighted by Crippen LogP contribution is 2.39. The number of methoxy groups -OCH3 is 1. The van der Waals surface area contributed by atoms with Crippen LogP contribution in [0.4, 0.5) is 33.6 Å². The van der Waals surface area contributed by atoms with Crippen molar-refractivity contribution in [2.75, 3.05) is 41.2 Å². The van der Waals surface area contributed by atoms with Gasteiger partial charge in [-0.15, -0.1) is 0 Å². The number of fused-ring (bicyclic) bond motifs is 1. The highest BCUT2D eigenvalue weighted by molar-refractivity contribution is 6.05. The van der Waals surface area contributed by atoms with Crippen LogP contribution in [0.2, 0.25) is 0 Å². The van der Waals surface area contributed by atoms with Crippen molar-refractivity contribution in [2.24, 2.45) is 0 Å². The molecule has 10 nitrogen and oxygen atoms in total. The molecule has 3 amide bonds. The summed E-state index contributed by atoms with van der Waals surface area (Å²) in [4.78, 5) is 36.9. The summed E-state index contributed by atoms with van der Waals surface area (Å²) in [5, 5.41) is 9.92. The number of carbonyl (C=O) groups is 2. The molecule has 37 heavy (non-hydrogen) atoms. The predicted molar refractivity (Wildman–Crippen MR) is 144 cm³/mol. The van der Waals surface area contributed by atoms with Gasteiger partial charge in [-0.25, -0.2) is 14.8 Å². The number of amides is 3. The molecular weight excluding hydrogens is 470 g/mol. The summed E-state index contributed by atoms with van der Waals surface area (Å²) >= 11 is 0. The van der Waals surface area contributed by atoms with Crippen LogP contribution in [0.3, 0.4) is 0 Å². The van der Waals surface area contributed by atoms with Crippen molar-refractivity contribution in [1.29, 1.82) is 0 Å². The lowest BCUT2D eigenvalue weighted by Crippen LogP contribution is -2.59. The largest absolute Gasteiger partial charge is 0.495 e. The first kappa shape index (κ1) is 24.4. The summed E-state index contributed by atoms with van der Waals surface area (Å²) in [6.07, 6.45) is 5.93. The van der Waals surface area contributed by atoms with Crippen molar-refractivity contribution in [3.63, 3.8) is 0 Å². The first-order valence-electron chi connectivity index (χ1n) is 12.5. The summed E-state index contributed by atoms with van der Waals surface area (Å²) < 4.78 is 5.53. The number of anilines is 5. The van der Waals surface area contributed by atoms with Crippen LogP contribution in [0.15, 0.2) is 54.7 Å². The number of urea groups is 1. The Morgan fingerprint density at radius 2 is 1.89 bits per heavy atom. The number of ether oxygens (including phenoxy) is 1. The SMILES string of the molecule is CCN1C(=O)N(C)c2cnc(Nc3cc(C(=O)Nc4ccccc4)ccc3OC)nc2N1C1CCCC1. The van der Waals surface area contributed by atoms with E-state index in [0.717, 1.165) is 25.7 Å². The third-order valence-corrected chi connectivity index (χ3v) is 6.81. The van der Waals surface area contributed by atoms with E-state index in [1.807, 2.05) is 42.3 Å². The van der Waals surface area contributed by atoms with Gasteiger partial charge in [0.15, 0.2) is 5.82 Å². The van der Waals surface area contributed by atoms with Crippen molar-refractivity contribution in [3.8, 4) is 5.75 Å². The topological polar surface area (TPSA) is 103 Å². The molecule has 0 bridgehead atoms. The van der Waals surface area contributed by atoms with E-state index in [1.54, 1.807) is 48.5 Å². The minimum absolute atomic E-state index is 0.0926. The molecule has 0 spiro atoms. The summed E-state index contributed by atoms with van der Waals surface area (Å²) in [5.41, 5.74) is 2.39. The molecule has 1 aliphatic carbocycles. The molecule has 10 heteroatoms. The third-order valence-electron chi connectivity index (χ3n) is 6.81. The number of hydrogen-bond donors (Lipinski definition) is 2. The molecule has 1 saturated carbocycles. The molecule has 0 unspecified atom stereocenters. The van der Waals surface area contributed by atoms with Gasteiger partial charge in [-0.1, -0.05) is 31.0 Å². The molecule has 0 radical (unpaired) electrons. The van der Waals surface area contributed by atoms with Gasteiger partial charge in [0.1, 0.15) is 11.4 Å². The number of hydrogen-bond acceptors (Lipinski definition) is 7. The quantitative estimate of drug-likeness (QED) is 0.468. The fourth-order valence-corrected chi connectivity index (χ4v) is 4.91. The van der Waals surface area contributed by atoms with Gasteiger partial charge >= 0.3 is 6.03 Å². The van der Waals surface area contributed by atoms with Gasteiger partial charge in [0.05, 0.1) is 25.0 Å². The molecular formula is C27H31N7O3. The maximum atomic E-state index is 13.1. The van der Waals surface area contributed by atoms with Gasteiger partial charge in [-0.2, -0.15) is 4.98 Å². The normalized spacial score (nSPS) is 15.5. The Hall–Kier alpha value is -4.34. The van der Waals surface area contributed by atoms with E-state index in [1.165, 1.54) is 0 Å². The van der Waals surface area contributed by atoms with Crippen molar-refractivity contribution in [2.45, 2.75) is 38.6 Å². The van der Waals surface area contributed by atoms with Gasteiger partial charge in [0.25, 0.3) is 5.91 Å². The van der Waals surface area contributed by atoms with Crippen LogP contribution in [0.1, 0.15) is 43.0 Å². The molecule has 1 fully saturated rings. The average molecular weight is 502 g/mol. The molecule has 2 heterocycles. The minimum atomic E-state index is -0.241. The first-order valence-corrected chi connectivity index (χ1v) is 12.5. The van der Waals surface area contributed by atoms with Gasteiger partial charge in [-0.3, -0.25) is 14.7 Å². The van der Waals surface area contributed by atoms with Crippen LogP contribution in [-0.2, 0) is 0 Å². The van der Waals surface area contributed by atoms with E-state index in [9.17, 15) is 9.59 Å². The summed E-state index contributed by atoms with van der Waals surface area (Å²) in [5.74, 6) is 1.34. The van der Waals surface area contributed by atoms with Crippen LogP contribution in [0.5, 0.6) is 5.75 Å². The number of aromatic nitrogens is 2. The van der Waals surface area contributed by atoms with Crippen LogP contribution in [0, 0.1) is 0 Å². The van der Waals surface area contributed by atoms with E-state index in [2.05, 4.69) is 15.6 Å². The molecule has 2 N–H and O–H groups in total. The standard InChI is InChI=1S/C27H31N7O3/c1-4-33-27(36)32(2)22-17-28-26(31-24(22)34(33)20-12-8-9-13-20)30-21-16-18(14-15-23(21)37-3)25(35)29-19-10-6-5-7-11-19/h5-7,10-11,14-17,20H,4,8-9,12-13H2,1-3H3,(H,29,35)(H,28,30,31). The number of para-hydroxylation sites is 1. The minimum Gasteiger partial charge on any atom is -0.495 e. The molecule has 3 aromatic rings. The fourth-order valence-electron chi connectivity index (χ4n) is 4.91. The van der Waals surface area contributed by atoms with Gasteiger partial charge in [0, 0.05) is 24.8 Å². The van der Waals surface area contributed by atoms with E-state index in [4.69, 9.17) is 9.72 Å². The highest BCUT2D eigenvalue weighted by Gasteiger charge is 2.39. The number of hydrazine groups is 1. The van der Waals surface area contributed by atoms with Gasteiger partial charge in [0.2, 0.25) is 5.95 Å². The second-order valence-corrected chi connectivity index (χ2v) is 9.10. The van der Waals surface area contributed by atoms with E-state index in [0.29, 0.717) is 46.7 Å². The van der Waals surface area contributed by atoms with E-state index in [-0.39, 0.29) is 18.0 Å². The number of nitrogens with one attached hydrogen (secondary N) is 2. The summed E-state index contributed by atoms with van der Waals surface area (Å²) in [6.45, 7) is 2.51. The molecule has 5 rings (SSSR count). The first-order chi connectivity index (χ1) is 18.0. The Labute approximate surface area is 216 Å². The molecule has 0 atom stereocenters.